The van der Waals surface area contributed by atoms with Crippen LogP contribution in [0.2, 0.25) is 0 Å². The summed E-state index contributed by atoms with van der Waals surface area (Å²) in [6, 6.07) is 0. The van der Waals surface area contributed by atoms with E-state index in [9.17, 15) is 0 Å². The van der Waals surface area contributed by atoms with Crippen molar-refractivity contribution in [3.05, 3.63) is 0 Å². The molecule has 0 fully saturated rings. The highest BCUT2D eigenvalue weighted by molar-refractivity contribution is 4.56. The molecule has 0 aromatic rings. The van der Waals surface area contributed by atoms with E-state index in [2.05, 4.69) is 25.7 Å². The molecule has 0 amide bonds. The van der Waals surface area contributed by atoms with Gasteiger partial charge in [-0.3, -0.25) is 0 Å². The summed E-state index contributed by atoms with van der Waals surface area (Å²) >= 11 is 0. The molecular formula is C9H21NO. The summed E-state index contributed by atoms with van der Waals surface area (Å²) in [7, 11) is 1.75. The van der Waals surface area contributed by atoms with Crippen LogP contribution in [-0.4, -0.2) is 38.3 Å². The first-order chi connectivity index (χ1) is 5.20. The molecule has 0 atom stereocenters. The van der Waals surface area contributed by atoms with Crippen LogP contribution >= 0.6 is 0 Å². The average Bonchev–Trinajstić information content (AvgIpc) is 1.97. The lowest BCUT2D eigenvalue weighted by atomic mass is 10.2. The summed E-state index contributed by atoms with van der Waals surface area (Å²) in [6.07, 6.45) is 0. The molecule has 0 heterocycles. The molecule has 0 spiro atoms. The average molecular weight is 159 g/mol. The highest BCUT2D eigenvalue weighted by atomic mass is 16.5. The Labute approximate surface area is 70.5 Å². The van der Waals surface area contributed by atoms with E-state index >= 15 is 0 Å². The third kappa shape index (κ3) is 6.32. The van der Waals surface area contributed by atoms with Crippen LogP contribution in [0.15, 0.2) is 0 Å². The van der Waals surface area contributed by atoms with Gasteiger partial charge in [-0.25, -0.2) is 0 Å². The van der Waals surface area contributed by atoms with Crippen molar-refractivity contribution in [2.45, 2.75) is 20.8 Å². The van der Waals surface area contributed by atoms with Gasteiger partial charge in [-0.1, -0.05) is 20.8 Å². The lowest BCUT2D eigenvalue weighted by Gasteiger charge is -2.21. The zero-order chi connectivity index (χ0) is 8.69. The SMILES string of the molecule is CCN(CCOC)CC(C)C. The van der Waals surface area contributed by atoms with Crippen molar-refractivity contribution >= 4 is 0 Å². The van der Waals surface area contributed by atoms with E-state index < -0.39 is 0 Å². The molecule has 11 heavy (non-hydrogen) atoms. The van der Waals surface area contributed by atoms with E-state index in [-0.39, 0.29) is 0 Å². The van der Waals surface area contributed by atoms with Crippen LogP contribution in [0.5, 0.6) is 0 Å². The fraction of sp³-hybridized carbons (Fsp3) is 1.00. The highest BCUT2D eigenvalue weighted by Crippen LogP contribution is 1.97. The third-order valence-electron chi connectivity index (χ3n) is 1.68. The lowest BCUT2D eigenvalue weighted by Crippen LogP contribution is -2.30. The Balaban J connectivity index is 3.41. The molecule has 0 aliphatic heterocycles. The molecule has 0 saturated carbocycles. The van der Waals surface area contributed by atoms with Crippen molar-refractivity contribution in [3.63, 3.8) is 0 Å². The standard InChI is InChI=1S/C9H21NO/c1-5-10(6-7-11-4)8-9(2)3/h9H,5-8H2,1-4H3. The van der Waals surface area contributed by atoms with Crippen LogP contribution in [0.3, 0.4) is 0 Å². The Morgan fingerprint density at radius 1 is 1.36 bits per heavy atom. The van der Waals surface area contributed by atoms with Crippen molar-refractivity contribution in [1.82, 2.24) is 4.90 Å². The second-order valence-electron chi connectivity index (χ2n) is 3.28. The maximum Gasteiger partial charge on any atom is 0.0589 e. The van der Waals surface area contributed by atoms with Gasteiger partial charge >= 0.3 is 0 Å². The summed E-state index contributed by atoms with van der Waals surface area (Å²) in [5.41, 5.74) is 0. The maximum absolute atomic E-state index is 5.01. The van der Waals surface area contributed by atoms with Crippen molar-refractivity contribution in [2.75, 3.05) is 33.4 Å². The smallest absolute Gasteiger partial charge is 0.0589 e. The Bertz CT molecular complexity index is 83.6. The number of rotatable bonds is 6. The fourth-order valence-electron chi connectivity index (χ4n) is 1.12. The largest absolute Gasteiger partial charge is 0.383 e. The van der Waals surface area contributed by atoms with Crippen molar-refractivity contribution in [3.8, 4) is 0 Å². The molecule has 0 bridgehead atoms. The van der Waals surface area contributed by atoms with Crippen LogP contribution in [0.25, 0.3) is 0 Å². The number of hydrogen-bond donors (Lipinski definition) is 0. The van der Waals surface area contributed by atoms with Crippen molar-refractivity contribution in [2.24, 2.45) is 5.92 Å². The van der Waals surface area contributed by atoms with Gasteiger partial charge in [0.25, 0.3) is 0 Å². The quantitative estimate of drug-likeness (QED) is 0.584. The summed E-state index contributed by atoms with van der Waals surface area (Å²) in [5, 5.41) is 0. The molecule has 0 radical (unpaired) electrons. The fourth-order valence-corrected chi connectivity index (χ4v) is 1.12. The van der Waals surface area contributed by atoms with E-state index in [1.807, 2.05) is 0 Å². The minimum absolute atomic E-state index is 0.756. The van der Waals surface area contributed by atoms with E-state index in [0.29, 0.717) is 0 Å². The maximum atomic E-state index is 5.01. The normalized spacial score (nSPS) is 11.5. The van der Waals surface area contributed by atoms with E-state index in [1.165, 1.54) is 6.54 Å². The zero-order valence-corrected chi connectivity index (χ0v) is 8.26. The minimum atomic E-state index is 0.756. The van der Waals surface area contributed by atoms with Gasteiger partial charge in [0.15, 0.2) is 0 Å². The number of methoxy groups -OCH3 is 1. The van der Waals surface area contributed by atoms with Gasteiger partial charge in [-0.05, 0) is 12.5 Å². The van der Waals surface area contributed by atoms with E-state index in [0.717, 1.165) is 25.6 Å². The Hall–Kier alpha value is -0.0800. The number of ether oxygens (including phenoxy) is 1. The van der Waals surface area contributed by atoms with Crippen LogP contribution in [-0.2, 0) is 4.74 Å². The Morgan fingerprint density at radius 3 is 2.36 bits per heavy atom. The first-order valence-corrected chi connectivity index (χ1v) is 4.42. The van der Waals surface area contributed by atoms with Crippen LogP contribution in [0.4, 0.5) is 0 Å². The molecule has 0 aliphatic rings. The molecule has 0 rings (SSSR count). The third-order valence-corrected chi connectivity index (χ3v) is 1.68. The lowest BCUT2D eigenvalue weighted by molar-refractivity contribution is 0.143. The second-order valence-corrected chi connectivity index (χ2v) is 3.28. The molecule has 0 unspecified atom stereocenters. The van der Waals surface area contributed by atoms with E-state index in [1.54, 1.807) is 7.11 Å². The molecule has 68 valence electrons. The van der Waals surface area contributed by atoms with Crippen LogP contribution < -0.4 is 0 Å². The molecule has 0 saturated heterocycles. The van der Waals surface area contributed by atoms with Gasteiger partial charge < -0.3 is 9.64 Å². The molecule has 0 aromatic carbocycles. The predicted octanol–water partition coefficient (Wildman–Crippen LogP) is 1.61. The van der Waals surface area contributed by atoms with Crippen molar-refractivity contribution in [1.29, 1.82) is 0 Å². The topological polar surface area (TPSA) is 12.5 Å². The summed E-state index contributed by atoms with van der Waals surface area (Å²) in [6.45, 7) is 10.9. The molecule has 0 aliphatic carbocycles. The monoisotopic (exact) mass is 159 g/mol. The predicted molar refractivity (Wildman–Crippen MR) is 48.8 cm³/mol. The Kier molecular flexibility index (Phi) is 6.57. The molecule has 0 aromatic heterocycles. The van der Waals surface area contributed by atoms with Gasteiger partial charge in [-0.2, -0.15) is 0 Å². The molecule has 0 N–H and O–H groups in total. The van der Waals surface area contributed by atoms with Crippen LogP contribution in [0.1, 0.15) is 20.8 Å². The van der Waals surface area contributed by atoms with Crippen LogP contribution in [0, 0.1) is 5.92 Å². The minimum Gasteiger partial charge on any atom is -0.383 e. The van der Waals surface area contributed by atoms with Gasteiger partial charge in [0.05, 0.1) is 6.61 Å². The summed E-state index contributed by atoms with van der Waals surface area (Å²) < 4.78 is 5.01. The van der Waals surface area contributed by atoms with Crippen molar-refractivity contribution < 1.29 is 4.74 Å². The summed E-state index contributed by atoms with van der Waals surface area (Å²) in [5.74, 6) is 0.756. The number of hydrogen-bond acceptors (Lipinski definition) is 2. The van der Waals surface area contributed by atoms with Gasteiger partial charge in [0, 0.05) is 20.2 Å². The number of likely N-dealkylation sites (N-methyl/N-ethyl adjacent to an activating group) is 1. The molecule has 2 heteroatoms. The van der Waals surface area contributed by atoms with E-state index in [4.69, 9.17) is 4.74 Å². The highest BCUT2D eigenvalue weighted by Gasteiger charge is 2.03. The molecular weight excluding hydrogens is 138 g/mol. The first kappa shape index (κ1) is 10.9. The summed E-state index contributed by atoms with van der Waals surface area (Å²) in [4.78, 5) is 2.41. The first-order valence-electron chi connectivity index (χ1n) is 4.42. The van der Waals surface area contributed by atoms with Gasteiger partial charge in [-0.15, -0.1) is 0 Å². The molecule has 2 nitrogen and oxygen atoms in total. The Morgan fingerprint density at radius 2 is 2.00 bits per heavy atom. The van der Waals surface area contributed by atoms with Gasteiger partial charge in [0.1, 0.15) is 0 Å². The van der Waals surface area contributed by atoms with Gasteiger partial charge in [0.2, 0.25) is 0 Å². The zero-order valence-electron chi connectivity index (χ0n) is 8.26. The second kappa shape index (κ2) is 6.62. The number of nitrogens with zero attached hydrogens (tertiary/aromatic N) is 1.